The minimum Gasteiger partial charge on any atom is -0.311 e. The predicted octanol–water partition coefficient (Wildman–Crippen LogP) is 17.3. The highest BCUT2D eigenvalue weighted by molar-refractivity contribution is 7.00. The molecule has 0 aromatic heterocycles. The number of benzene rings is 7. The van der Waals surface area contributed by atoms with Gasteiger partial charge in [0.15, 0.2) is 0 Å². The summed E-state index contributed by atoms with van der Waals surface area (Å²) in [5.41, 5.74) is 25.7. The van der Waals surface area contributed by atoms with E-state index in [0.717, 1.165) is 65.9 Å². The highest BCUT2D eigenvalue weighted by atomic mass is 15.2. The highest BCUT2D eigenvalue weighted by Gasteiger charge is 2.50. The van der Waals surface area contributed by atoms with Gasteiger partial charge in [-0.15, -0.1) is 0 Å². The first-order valence-corrected chi connectivity index (χ1v) is 28.0. The zero-order chi connectivity index (χ0) is 54.9. The number of aryl methyl sites for hydroxylation is 2. The zero-order valence-electron chi connectivity index (χ0n) is 50.3. The lowest BCUT2D eigenvalue weighted by atomic mass is 9.32. The van der Waals surface area contributed by atoms with Gasteiger partial charge >= 0.3 is 0 Å². The van der Waals surface area contributed by atoms with Crippen LogP contribution in [0.1, 0.15) is 196 Å². The van der Waals surface area contributed by atoms with Gasteiger partial charge in [-0.2, -0.15) is 0 Å². The van der Waals surface area contributed by atoms with Gasteiger partial charge in [0, 0.05) is 43.5 Å². The van der Waals surface area contributed by atoms with Gasteiger partial charge in [-0.05, 0) is 198 Å². The van der Waals surface area contributed by atoms with E-state index in [4.69, 9.17) is 4.11 Å². The third-order valence-corrected chi connectivity index (χ3v) is 19.7. The number of anilines is 6. The number of rotatable bonds is 6. The van der Waals surface area contributed by atoms with E-state index < -0.39 is 6.85 Å². The van der Waals surface area contributed by atoms with Gasteiger partial charge in [0.05, 0.1) is 5.69 Å². The Morgan fingerprint density at radius 2 is 0.905 bits per heavy atom. The summed E-state index contributed by atoms with van der Waals surface area (Å²) in [6.07, 6.45) is 5.47. The van der Waals surface area contributed by atoms with Crippen molar-refractivity contribution in [2.75, 3.05) is 9.80 Å². The molecule has 2 aliphatic heterocycles. The summed E-state index contributed by atoms with van der Waals surface area (Å²) in [6.45, 7) is 34.0. The van der Waals surface area contributed by atoms with Gasteiger partial charge < -0.3 is 9.80 Å². The summed E-state index contributed by atoms with van der Waals surface area (Å²) in [6, 6.07) is 49.1. The molecule has 7 aromatic carbocycles. The van der Waals surface area contributed by atoms with Gasteiger partial charge in [-0.3, -0.25) is 0 Å². The molecule has 0 amide bonds. The first kappa shape index (κ1) is 45.6. The summed E-state index contributed by atoms with van der Waals surface area (Å²) in [5.74, 6) is 0. The molecule has 3 heteroatoms. The van der Waals surface area contributed by atoms with Crippen LogP contribution < -0.4 is 26.2 Å². The van der Waals surface area contributed by atoms with Crippen LogP contribution in [-0.4, -0.2) is 6.71 Å². The quantitative estimate of drug-likeness (QED) is 0.153. The molecule has 0 spiro atoms. The van der Waals surface area contributed by atoms with Gasteiger partial charge in [0.25, 0.3) is 6.71 Å². The molecule has 2 nitrogen and oxygen atoms in total. The number of fused-ring (bicyclic) bond motifs is 7. The van der Waals surface area contributed by atoms with E-state index in [2.05, 4.69) is 241 Å². The Kier molecular flexibility index (Phi) is 9.93. The van der Waals surface area contributed by atoms with Crippen molar-refractivity contribution in [1.82, 2.24) is 0 Å². The Hall–Kier alpha value is -5.80. The molecular weight excluding hydrogens is 892 g/mol. The zero-order valence-corrected chi connectivity index (χ0v) is 47.3. The molecule has 0 saturated carbocycles. The molecule has 2 heterocycles. The van der Waals surface area contributed by atoms with E-state index >= 15 is 0 Å². The highest BCUT2D eigenvalue weighted by Crippen LogP contribution is 2.56. The fourth-order valence-electron chi connectivity index (χ4n) is 15.1. The van der Waals surface area contributed by atoms with E-state index in [-0.39, 0.29) is 51.0 Å². The summed E-state index contributed by atoms with van der Waals surface area (Å²) < 4.78 is 26.8. The monoisotopic (exact) mass is 976 g/mol. The molecule has 0 N–H and O–H groups in total. The van der Waals surface area contributed by atoms with Gasteiger partial charge in [0.2, 0.25) is 0 Å². The van der Waals surface area contributed by atoms with Crippen molar-refractivity contribution >= 4 is 57.2 Å². The van der Waals surface area contributed by atoms with Gasteiger partial charge in [-0.1, -0.05) is 189 Å². The van der Waals surface area contributed by atoms with Crippen LogP contribution in [0.15, 0.2) is 127 Å². The molecule has 7 aromatic rings. The number of hydrogen-bond acceptors (Lipinski definition) is 2. The Morgan fingerprint density at radius 3 is 1.42 bits per heavy atom. The van der Waals surface area contributed by atoms with Crippen LogP contribution in [0.25, 0.3) is 11.1 Å². The minimum absolute atomic E-state index is 0.0261. The molecule has 3 aliphatic carbocycles. The lowest BCUT2D eigenvalue weighted by molar-refractivity contribution is 0.332. The molecular formula is C71H81BN2. The number of nitrogens with zero attached hydrogens (tertiary/aromatic N) is 2. The first-order chi connectivity index (χ1) is 35.9. The van der Waals surface area contributed by atoms with Crippen molar-refractivity contribution in [1.29, 1.82) is 0 Å². The smallest absolute Gasteiger partial charge is 0.252 e. The van der Waals surface area contributed by atoms with Crippen LogP contribution in [0, 0.1) is 6.92 Å². The maximum absolute atomic E-state index is 8.93. The van der Waals surface area contributed by atoms with Crippen molar-refractivity contribution in [3.05, 3.63) is 183 Å². The van der Waals surface area contributed by atoms with Crippen LogP contribution in [0.3, 0.4) is 0 Å². The average molecular weight is 976 g/mol. The van der Waals surface area contributed by atoms with E-state index in [0.29, 0.717) is 0 Å². The molecule has 0 atom stereocenters. The maximum Gasteiger partial charge on any atom is 0.252 e. The minimum atomic E-state index is -2.20. The molecule has 5 aliphatic rings. The fraction of sp³-hybridized carbons (Fsp3) is 0.408. The van der Waals surface area contributed by atoms with Crippen LogP contribution in [-0.2, 0) is 44.3 Å². The molecule has 0 radical (unpaired) electrons. The predicted molar refractivity (Wildman–Crippen MR) is 320 cm³/mol. The third-order valence-electron chi connectivity index (χ3n) is 19.7. The Balaban J connectivity index is 1.25. The van der Waals surface area contributed by atoms with Crippen LogP contribution in [0.5, 0.6) is 0 Å². The molecule has 0 fully saturated rings. The van der Waals surface area contributed by atoms with Crippen molar-refractivity contribution < 1.29 is 4.11 Å². The topological polar surface area (TPSA) is 6.48 Å². The molecule has 0 bridgehead atoms. The van der Waals surface area contributed by atoms with Gasteiger partial charge in [0.1, 0.15) is 0 Å². The normalized spacial score (nSPS) is 20.5. The van der Waals surface area contributed by atoms with Crippen molar-refractivity contribution in [3.63, 3.8) is 0 Å². The van der Waals surface area contributed by atoms with E-state index in [1.807, 2.05) is 0 Å². The molecule has 0 unspecified atom stereocenters. The van der Waals surface area contributed by atoms with Crippen molar-refractivity contribution in [2.24, 2.45) is 0 Å². The molecule has 74 heavy (non-hydrogen) atoms. The summed E-state index contributed by atoms with van der Waals surface area (Å²) in [7, 11) is 0. The lowest BCUT2D eigenvalue weighted by Gasteiger charge is -2.49. The maximum atomic E-state index is 8.93. The van der Waals surface area contributed by atoms with E-state index in [1.54, 1.807) is 0 Å². The van der Waals surface area contributed by atoms with Crippen LogP contribution in [0.2, 0.25) is 0 Å². The SMILES string of the molecule is [2H]C([2H])([2H])Cc1cc2c3c(c1)N(c1ccc(C(C)(C)c4ccccc4)cc1-c1ccccc1)c1cc4c(cc1B3c1cc3c(cc1N2c1cc2c(cc1C)C(C)(C)CC2(C)C)C(C)(C)CCC3(C)C)C(C)(C)CCC4(C)C. The molecule has 378 valence electrons. The van der Waals surface area contributed by atoms with Crippen LogP contribution >= 0.6 is 0 Å². The van der Waals surface area contributed by atoms with Gasteiger partial charge in [-0.25, -0.2) is 0 Å². The second-order valence-electron chi connectivity index (χ2n) is 28.0. The number of hydrogen-bond donors (Lipinski definition) is 0. The Labute approximate surface area is 450 Å². The second kappa shape index (κ2) is 16.1. The van der Waals surface area contributed by atoms with Crippen molar-refractivity contribution in [2.45, 2.75) is 187 Å². The largest absolute Gasteiger partial charge is 0.311 e. The molecule has 12 rings (SSSR count). The Bertz CT molecular complexity index is 3570. The average Bonchev–Trinajstić information content (AvgIpc) is 3.68. The lowest BCUT2D eigenvalue weighted by Crippen LogP contribution is -2.62. The summed E-state index contributed by atoms with van der Waals surface area (Å²) in [5, 5.41) is 0. The van der Waals surface area contributed by atoms with E-state index in [9.17, 15) is 0 Å². The Morgan fingerprint density at radius 1 is 0.459 bits per heavy atom. The third kappa shape index (κ3) is 7.24. The van der Waals surface area contributed by atoms with Crippen molar-refractivity contribution in [3.8, 4) is 11.1 Å². The standard InChI is InChI=1S/C71H81BN2/c1-17-45-35-62-64-63(36-45)74(59-40-55-50(34-44(59)2)69(11,12)43-70(55,13)14)61-42-54-52(66(5,6)31-33-68(54,9)10)39-57(61)72(64)56-38-51-53(67(7,8)32-30-65(51,3)4)41-60(56)73(62)58-29-28-48(37-49(58)46-24-20-18-21-25-46)71(15,16)47-26-22-19-23-27-47/h18-29,34-42H,17,30-33,43H2,1-16H3/i1D3. The first-order valence-electron chi connectivity index (χ1n) is 29.5. The fourth-order valence-corrected chi connectivity index (χ4v) is 15.1. The summed E-state index contributed by atoms with van der Waals surface area (Å²) in [4.78, 5) is 5.20. The second-order valence-corrected chi connectivity index (χ2v) is 28.0. The van der Waals surface area contributed by atoms with Crippen LogP contribution in [0.4, 0.5) is 34.1 Å². The molecule has 0 saturated heterocycles. The summed E-state index contributed by atoms with van der Waals surface area (Å²) >= 11 is 0. The van der Waals surface area contributed by atoms with E-state index in [1.165, 1.54) is 83.5 Å².